The number of hydrogen-bond donors (Lipinski definition) is 2. The molecule has 0 atom stereocenters. The molecule has 3 rings (SSSR count). The second-order valence-corrected chi connectivity index (χ2v) is 4.02. The van der Waals surface area contributed by atoms with Gasteiger partial charge in [0.2, 0.25) is 6.79 Å². The first-order valence-corrected chi connectivity index (χ1v) is 5.52. The van der Waals surface area contributed by atoms with Crippen LogP contribution in [0.4, 0.5) is 5.82 Å². The molecule has 2 aromatic rings. The van der Waals surface area contributed by atoms with E-state index in [1.807, 2.05) is 0 Å². The summed E-state index contributed by atoms with van der Waals surface area (Å²) in [6.07, 6.45) is 1.54. The van der Waals surface area contributed by atoms with Crippen molar-refractivity contribution in [1.29, 1.82) is 0 Å². The second kappa shape index (κ2) is 4.23. The zero-order valence-corrected chi connectivity index (χ0v) is 9.82. The van der Waals surface area contributed by atoms with Gasteiger partial charge in [-0.1, -0.05) is 11.6 Å². The first-order chi connectivity index (χ1) is 8.74. The Morgan fingerprint density at radius 1 is 1.44 bits per heavy atom. The Kier molecular flexibility index (Phi) is 2.56. The molecule has 2 heterocycles. The van der Waals surface area contributed by atoms with Crippen LogP contribution in [0.1, 0.15) is 10.4 Å². The molecule has 0 saturated carbocycles. The van der Waals surface area contributed by atoms with Gasteiger partial charge >= 0.3 is 0 Å². The van der Waals surface area contributed by atoms with E-state index in [1.165, 1.54) is 6.07 Å². The van der Waals surface area contributed by atoms with Gasteiger partial charge in [0.05, 0.1) is 11.2 Å². The van der Waals surface area contributed by atoms with E-state index < -0.39 is 0 Å². The average molecular weight is 266 g/mol. The molecule has 2 N–H and O–H groups in total. The molecule has 1 aliphatic heterocycles. The standard InChI is InChI=1S/C11H8ClN3O3/c12-7-3-6(4-8-10(7)18-5-17-8)11(16)14-9-1-2-13-15-9/h1-4H,5H2,(H2,13,14,15,16). The van der Waals surface area contributed by atoms with Gasteiger partial charge in [-0.3, -0.25) is 9.89 Å². The Morgan fingerprint density at radius 2 is 2.33 bits per heavy atom. The Bertz CT molecular complexity index is 598. The Morgan fingerprint density at radius 3 is 3.11 bits per heavy atom. The van der Waals surface area contributed by atoms with E-state index in [-0.39, 0.29) is 12.7 Å². The molecule has 0 saturated heterocycles. The molecule has 0 aliphatic carbocycles. The normalized spacial score (nSPS) is 12.5. The van der Waals surface area contributed by atoms with Crippen LogP contribution in [0.3, 0.4) is 0 Å². The lowest BCUT2D eigenvalue weighted by atomic mass is 10.2. The molecule has 0 unspecified atom stereocenters. The lowest BCUT2D eigenvalue weighted by Gasteiger charge is -2.05. The fourth-order valence-corrected chi connectivity index (χ4v) is 1.88. The highest BCUT2D eigenvalue weighted by Gasteiger charge is 2.20. The monoisotopic (exact) mass is 265 g/mol. The molecule has 1 aromatic heterocycles. The SMILES string of the molecule is O=C(Nc1ccn[nH]1)c1cc(Cl)c2c(c1)OCO2. The summed E-state index contributed by atoms with van der Waals surface area (Å²) in [5.74, 6) is 1.14. The maximum absolute atomic E-state index is 12.0. The average Bonchev–Trinajstić information content (AvgIpc) is 2.98. The predicted molar refractivity (Wildman–Crippen MR) is 64.1 cm³/mol. The number of ether oxygens (including phenoxy) is 2. The maximum Gasteiger partial charge on any atom is 0.256 e. The second-order valence-electron chi connectivity index (χ2n) is 3.62. The minimum absolute atomic E-state index is 0.112. The highest BCUT2D eigenvalue weighted by molar-refractivity contribution is 6.32. The molecule has 0 radical (unpaired) electrons. The molecule has 1 amide bonds. The van der Waals surface area contributed by atoms with Gasteiger partial charge in [0.25, 0.3) is 5.91 Å². The van der Waals surface area contributed by atoms with E-state index in [0.717, 1.165) is 0 Å². The minimum atomic E-state index is -0.306. The van der Waals surface area contributed by atoms with E-state index in [2.05, 4.69) is 15.5 Å². The van der Waals surface area contributed by atoms with E-state index >= 15 is 0 Å². The number of H-pyrrole nitrogens is 1. The number of aromatic amines is 1. The van der Waals surface area contributed by atoms with Crippen LogP contribution in [0, 0.1) is 0 Å². The molecular weight excluding hydrogens is 258 g/mol. The van der Waals surface area contributed by atoms with Crippen molar-refractivity contribution in [2.24, 2.45) is 0 Å². The van der Waals surface area contributed by atoms with Crippen LogP contribution >= 0.6 is 11.6 Å². The van der Waals surface area contributed by atoms with Crippen molar-refractivity contribution >= 4 is 23.3 Å². The number of hydrogen-bond acceptors (Lipinski definition) is 4. The quantitative estimate of drug-likeness (QED) is 0.871. The fraction of sp³-hybridized carbons (Fsp3) is 0.0909. The molecule has 7 heteroatoms. The number of halogens is 1. The molecule has 92 valence electrons. The van der Waals surface area contributed by atoms with Crippen LogP contribution in [-0.4, -0.2) is 22.9 Å². The largest absolute Gasteiger partial charge is 0.454 e. The number of carbonyl (C=O) groups excluding carboxylic acids is 1. The van der Waals surface area contributed by atoms with Crippen LogP contribution < -0.4 is 14.8 Å². The first-order valence-electron chi connectivity index (χ1n) is 5.14. The molecule has 1 aliphatic rings. The van der Waals surface area contributed by atoms with Gasteiger partial charge in [0.1, 0.15) is 5.82 Å². The smallest absolute Gasteiger partial charge is 0.256 e. The van der Waals surface area contributed by atoms with Crippen molar-refractivity contribution in [1.82, 2.24) is 10.2 Å². The van der Waals surface area contributed by atoms with Gasteiger partial charge in [-0.25, -0.2) is 0 Å². The number of nitrogens with one attached hydrogen (secondary N) is 2. The van der Waals surface area contributed by atoms with E-state index in [0.29, 0.717) is 27.9 Å². The molecule has 0 bridgehead atoms. The summed E-state index contributed by atoms with van der Waals surface area (Å²) in [6, 6.07) is 4.76. The topological polar surface area (TPSA) is 76.2 Å². The number of amides is 1. The minimum Gasteiger partial charge on any atom is -0.454 e. The van der Waals surface area contributed by atoms with Crippen LogP contribution in [0.2, 0.25) is 5.02 Å². The first kappa shape index (κ1) is 10.9. The summed E-state index contributed by atoms with van der Waals surface area (Å²) in [5, 5.41) is 9.36. The fourth-order valence-electron chi connectivity index (χ4n) is 1.62. The van der Waals surface area contributed by atoms with Crippen molar-refractivity contribution in [3.8, 4) is 11.5 Å². The number of fused-ring (bicyclic) bond motifs is 1. The van der Waals surface area contributed by atoms with Gasteiger partial charge in [-0.05, 0) is 12.1 Å². The summed E-state index contributed by atoms with van der Waals surface area (Å²) in [7, 11) is 0. The number of carbonyl (C=O) groups is 1. The summed E-state index contributed by atoms with van der Waals surface area (Å²) >= 11 is 6.00. The van der Waals surface area contributed by atoms with Crippen molar-refractivity contribution in [3.05, 3.63) is 35.0 Å². The number of benzene rings is 1. The summed E-state index contributed by atoms with van der Waals surface area (Å²) in [5.41, 5.74) is 0.388. The van der Waals surface area contributed by atoms with Gasteiger partial charge in [-0.15, -0.1) is 0 Å². The summed E-state index contributed by atoms with van der Waals surface area (Å²) < 4.78 is 10.4. The van der Waals surface area contributed by atoms with E-state index in [4.69, 9.17) is 21.1 Å². The van der Waals surface area contributed by atoms with Gasteiger partial charge < -0.3 is 14.8 Å². The highest BCUT2D eigenvalue weighted by Crippen LogP contribution is 2.39. The van der Waals surface area contributed by atoms with Gasteiger partial charge in [0.15, 0.2) is 11.5 Å². The number of rotatable bonds is 2. The van der Waals surface area contributed by atoms with Crippen LogP contribution in [0.25, 0.3) is 0 Å². The lowest BCUT2D eigenvalue weighted by Crippen LogP contribution is -2.12. The molecule has 1 aromatic carbocycles. The van der Waals surface area contributed by atoms with Crippen LogP contribution in [0.15, 0.2) is 24.4 Å². The van der Waals surface area contributed by atoms with Crippen molar-refractivity contribution in [2.75, 3.05) is 12.1 Å². The molecule has 18 heavy (non-hydrogen) atoms. The Labute approximate surface area is 107 Å². The third kappa shape index (κ3) is 1.86. The van der Waals surface area contributed by atoms with E-state index in [9.17, 15) is 4.79 Å². The van der Waals surface area contributed by atoms with Crippen LogP contribution in [0.5, 0.6) is 11.5 Å². The lowest BCUT2D eigenvalue weighted by molar-refractivity contribution is 0.102. The predicted octanol–water partition coefficient (Wildman–Crippen LogP) is 2.04. The molecule has 6 nitrogen and oxygen atoms in total. The van der Waals surface area contributed by atoms with E-state index in [1.54, 1.807) is 18.3 Å². The van der Waals surface area contributed by atoms with Crippen molar-refractivity contribution in [3.63, 3.8) is 0 Å². The Balaban J connectivity index is 1.88. The molecule has 0 fully saturated rings. The number of aromatic nitrogens is 2. The maximum atomic E-state index is 12.0. The number of nitrogens with zero attached hydrogens (tertiary/aromatic N) is 1. The molecular formula is C11H8ClN3O3. The van der Waals surface area contributed by atoms with Crippen molar-refractivity contribution < 1.29 is 14.3 Å². The Hall–Kier alpha value is -2.21. The summed E-state index contributed by atoms with van der Waals surface area (Å²) in [6.45, 7) is 0.112. The summed E-state index contributed by atoms with van der Waals surface area (Å²) in [4.78, 5) is 12.0. The molecule has 0 spiro atoms. The van der Waals surface area contributed by atoms with Crippen LogP contribution in [-0.2, 0) is 0 Å². The van der Waals surface area contributed by atoms with Gasteiger partial charge in [-0.2, -0.15) is 5.10 Å². The number of anilines is 1. The highest BCUT2D eigenvalue weighted by atomic mass is 35.5. The third-order valence-corrected chi connectivity index (χ3v) is 2.72. The van der Waals surface area contributed by atoms with Crippen molar-refractivity contribution in [2.45, 2.75) is 0 Å². The zero-order valence-electron chi connectivity index (χ0n) is 9.07. The third-order valence-electron chi connectivity index (χ3n) is 2.44. The van der Waals surface area contributed by atoms with Gasteiger partial charge in [0, 0.05) is 11.6 Å². The zero-order chi connectivity index (χ0) is 12.5.